The van der Waals surface area contributed by atoms with E-state index in [4.69, 9.17) is 0 Å². The third kappa shape index (κ3) is 4.73. The molecule has 128 valence electrons. The molecule has 1 unspecified atom stereocenters. The van der Waals surface area contributed by atoms with E-state index in [2.05, 4.69) is 41.5 Å². The minimum absolute atomic E-state index is 0.0456. The zero-order chi connectivity index (χ0) is 17.6. The SMILES string of the molecule is Cc1ccc(SC(C)C(=O)NCc2ccc(-n3ccnc3)cc2)cc1. The monoisotopic (exact) mass is 351 g/mol. The lowest BCUT2D eigenvalue weighted by molar-refractivity contribution is -0.120. The summed E-state index contributed by atoms with van der Waals surface area (Å²) in [6, 6.07) is 16.3. The van der Waals surface area contributed by atoms with Gasteiger partial charge in [-0.2, -0.15) is 0 Å². The Balaban J connectivity index is 1.52. The van der Waals surface area contributed by atoms with Crippen molar-refractivity contribution in [3.63, 3.8) is 0 Å². The average molecular weight is 351 g/mol. The van der Waals surface area contributed by atoms with Crippen molar-refractivity contribution in [3.8, 4) is 5.69 Å². The second kappa shape index (κ2) is 8.03. The van der Waals surface area contributed by atoms with Crippen molar-refractivity contribution in [1.82, 2.24) is 14.9 Å². The van der Waals surface area contributed by atoms with Gasteiger partial charge in [0.05, 0.1) is 11.6 Å². The van der Waals surface area contributed by atoms with Gasteiger partial charge < -0.3 is 9.88 Å². The molecule has 3 rings (SSSR count). The Morgan fingerprint density at radius 3 is 2.52 bits per heavy atom. The lowest BCUT2D eigenvalue weighted by atomic mass is 10.2. The van der Waals surface area contributed by atoms with Crippen LogP contribution in [-0.2, 0) is 11.3 Å². The first kappa shape index (κ1) is 17.3. The molecule has 0 saturated heterocycles. The third-order valence-corrected chi connectivity index (χ3v) is 5.02. The zero-order valence-corrected chi connectivity index (χ0v) is 15.2. The molecule has 1 amide bonds. The van der Waals surface area contributed by atoms with Gasteiger partial charge in [-0.1, -0.05) is 29.8 Å². The zero-order valence-electron chi connectivity index (χ0n) is 14.3. The summed E-state index contributed by atoms with van der Waals surface area (Å²) in [6.07, 6.45) is 5.42. The number of imidazole rings is 1. The molecular weight excluding hydrogens is 330 g/mol. The van der Waals surface area contributed by atoms with Gasteiger partial charge in [-0.3, -0.25) is 4.79 Å². The molecule has 1 atom stereocenters. The molecule has 1 N–H and O–H groups in total. The number of amides is 1. The first-order valence-electron chi connectivity index (χ1n) is 8.20. The van der Waals surface area contributed by atoms with Gasteiger partial charge in [0.1, 0.15) is 0 Å². The Kier molecular flexibility index (Phi) is 5.56. The number of carbonyl (C=O) groups is 1. The lowest BCUT2D eigenvalue weighted by Gasteiger charge is -2.12. The normalized spacial score (nSPS) is 11.9. The molecule has 3 aromatic rings. The van der Waals surface area contributed by atoms with Crippen LogP contribution in [0.4, 0.5) is 0 Å². The van der Waals surface area contributed by atoms with E-state index in [1.165, 1.54) is 5.56 Å². The summed E-state index contributed by atoms with van der Waals surface area (Å²) < 4.78 is 1.95. The molecule has 0 saturated carbocycles. The largest absolute Gasteiger partial charge is 0.351 e. The van der Waals surface area contributed by atoms with Crippen molar-refractivity contribution in [2.75, 3.05) is 0 Å². The number of thioether (sulfide) groups is 1. The van der Waals surface area contributed by atoms with Crippen LogP contribution in [0.25, 0.3) is 5.69 Å². The quantitative estimate of drug-likeness (QED) is 0.684. The summed E-state index contributed by atoms with van der Waals surface area (Å²) in [5, 5.41) is 2.87. The smallest absolute Gasteiger partial charge is 0.233 e. The van der Waals surface area contributed by atoms with Crippen LogP contribution >= 0.6 is 11.8 Å². The van der Waals surface area contributed by atoms with Crippen LogP contribution in [-0.4, -0.2) is 20.7 Å². The number of hydrogen-bond acceptors (Lipinski definition) is 3. The van der Waals surface area contributed by atoms with Crippen molar-refractivity contribution in [2.45, 2.75) is 30.5 Å². The molecule has 25 heavy (non-hydrogen) atoms. The van der Waals surface area contributed by atoms with Crippen molar-refractivity contribution in [1.29, 1.82) is 0 Å². The molecule has 0 fully saturated rings. The third-order valence-electron chi connectivity index (χ3n) is 3.91. The highest BCUT2D eigenvalue weighted by molar-refractivity contribution is 8.00. The van der Waals surface area contributed by atoms with Crippen LogP contribution in [0.5, 0.6) is 0 Å². The van der Waals surface area contributed by atoms with Crippen molar-refractivity contribution in [3.05, 3.63) is 78.4 Å². The number of nitrogens with zero attached hydrogens (tertiary/aromatic N) is 2. The van der Waals surface area contributed by atoms with Crippen LogP contribution in [0.15, 0.2) is 72.1 Å². The molecule has 0 bridgehead atoms. The van der Waals surface area contributed by atoms with Crippen LogP contribution < -0.4 is 5.32 Å². The topological polar surface area (TPSA) is 46.9 Å². The van der Waals surface area contributed by atoms with E-state index in [0.29, 0.717) is 6.54 Å². The van der Waals surface area contributed by atoms with Gasteiger partial charge in [0.25, 0.3) is 0 Å². The summed E-state index contributed by atoms with van der Waals surface area (Å²) in [6.45, 7) is 4.52. The van der Waals surface area contributed by atoms with E-state index in [1.807, 2.05) is 42.0 Å². The molecule has 4 nitrogen and oxygen atoms in total. The Hall–Kier alpha value is -2.53. The maximum Gasteiger partial charge on any atom is 0.233 e. The molecule has 0 spiro atoms. The van der Waals surface area contributed by atoms with Crippen LogP contribution in [0, 0.1) is 6.92 Å². The van der Waals surface area contributed by atoms with E-state index in [-0.39, 0.29) is 11.2 Å². The number of hydrogen-bond donors (Lipinski definition) is 1. The van der Waals surface area contributed by atoms with E-state index in [1.54, 1.807) is 24.3 Å². The Labute approximate surface area is 152 Å². The fourth-order valence-electron chi connectivity index (χ4n) is 2.41. The fourth-order valence-corrected chi connectivity index (χ4v) is 3.30. The van der Waals surface area contributed by atoms with Gasteiger partial charge in [0.2, 0.25) is 5.91 Å². The van der Waals surface area contributed by atoms with E-state index >= 15 is 0 Å². The summed E-state index contributed by atoms with van der Waals surface area (Å²) in [4.78, 5) is 17.4. The van der Waals surface area contributed by atoms with Gasteiger partial charge in [0.15, 0.2) is 0 Å². The van der Waals surface area contributed by atoms with Crippen molar-refractivity contribution in [2.24, 2.45) is 0 Å². The lowest BCUT2D eigenvalue weighted by Crippen LogP contribution is -2.30. The number of rotatable bonds is 6. The molecular formula is C20H21N3OS. The van der Waals surface area contributed by atoms with Crippen LogP contribution in [0.2, 0.25) is 0 Å². The van der Waals surface area contributed by atoms with E-state index in [9.17, 15) is 4.79 Å². The number of carbonyl (C=O) groups excluding carboxylic acids is 1. The highest BCUT2D eigenvalue weighted by Crippen LogP contribution is 2.23. The second-order valence-corrected chi connectivity index (χ2v) is 7.34. The molecule has 0 radical (unpaired) electrons. The highest BCUT2D eigenvalue weighted by atomic mass is 32.2. The summed E-state index contributed by atoms with van der Waals surface area (Å²) in [5.41, 5.74) is 3.35. The standard InChI is InChI=1S/C20H21N3OS/c1-15-3-9-19(10-4-15)25-16(2)20(24)22-13-17-5-7-18(8-6-17)23-12-11-21-14-23/h3-12,14,16H,13H2,1-2H3,(H,22,24). The molecule has 0 aliphatic rings. The van der Waals surface area contributed by atoms with E-state index < -0.39 is 0 Å². The van der Waals surface area contributed by atoms with Gasteiger partial charge >= 0.3 is 0 Å². The number of nitrogens with one attached hydrogen (secondary N) is 1. The van der Waals surface area contributed by atoms with Crippen LogP contribution in [0.1, 0.15) is 18.1 Å². The number of benzene rings is 2. The van der Waals surface area contributed by atoms with Crippen molar-refractivity contribution < 1.29 is 4.79 Å². The average Bonchev–Trinajstić information content (AvgIpc) is 3.16. The predicted octanol–water partition coefficient (Wildman–Crippen LogP) is 3.98. The Bertz CT molecular complexity index is 811. The molecule has 1 heterocycles. The number of aryl methyl sites for hydroxylation is 1. The highest BCUT2D eigenvalue weighted by Gasteiger charge is 2.13. The summed E-state index contributed by atoms with van der Waals surface area (Å²) >= 11 is 1.57. The fraction of sp³-hybridized carbons (Fsp3) is 0.200. The summed E-state index contributed by atoms with van der Waals surface area (Å²) in [7, 11) is 0. The minimum Gasteiger partial charge on any atom is -0.351 e. The Morgan fingerprint density at radius 1 is 1.16 bits per heavy atom. The van der Waals surface area contributed by atoms with Crippen LogP contribution in [0.3, 0.4) is 0 Å². The molecule has 1 aromatic heterocycles. The first-order chi connectivity index (χ1) is 12.1. The molecule has 2 aromatic carbocycles. The van der Waals surface area contributed by atoms with Gasteiger partial charge in [-0.05, 0) is 43.7 Å². The second-order valence-electron chi connectivity index (χ2n) is 5.93. The summed E-state index contributed by atoms with van der Waals surface area (Å²) in [5.74, 6) is 0.0456. The molecule has 5 heteroatoms. The molecule has 0 aliphatic heterocycles. The maximum atomic E-state index is 12.3. The van der Waals surface area contributed by atoms with Crippen molar-refractivity contribution >= 4 is 17.7 Å². The minimum atomic E-state index is -0.132. The van der Waals surface area contributed by atoms with Gasteiger partial charge in [-0.15, -0.1) is 11.8 Å². The number of aromatic nitrogens is 2. The molecule has 0 aliphatic carbocycles. The van der Waals surface area contributed by atoms with Gasteiger partial charge in [-0.25, -0.2) is 4.98 Å². The van der Waals surface area contributed by atoms with E-state index in [0.717, 1.165) is 16.1 Å². The Morgan fingerprint density at radius 2 is 1.88 bits per heavy atom. The van der Waals surface area contributed by atoms with Gasteiger partial charge in [0, 0.05) is 29.5 Å². The maximum absolute atomic E-state index is 12.3. The first-order valence-corrected chi connectivity index (χ1v) is 9.08. The predicted molar refractivity (Wildman–Crippen MR) is 102 cm³/mol.